The summed E-state index contributed by atoms with van der Waals surface area (Å²) in [5.74, 6) is 1.04. The third-order valence-electron chi connectivity index (χ3n) is 3.27. The number of hydrogen-bond acceptors (Lipinski definition) is 5. The molecule has 1 N–H and O–H groups in total. The molecule has 0 saturated carbocycles. The van der Waals surface area contributed by atoms with E-state index in [2.05, 4.69) is 15.0 Å². The molecule has 0 bridgehead atoms. The van der Waals surface area contributed by atoms with E-state index in [9.17, 15) is 5.11 Å². The molecule has 0 unspecified atom stereocenters. The summed E-state index contributed by atoms with van der Waals surface area (Å²) in [6.07, 6.45) is 1.53. The summed E-state index contributed by atoms with van der Waals surface area (Å²) >= 11 is 5.94. The Labute approximate surface area is 126 Å². The second kappa shape index (κ2) is 4.89. The van der Waals surface area contributed by atoms with Crippen LogP contribution >= 0.6 is 11.6 Å². The highest BCUT2D eigenvalue weighted by atomic mass is 35.5. The molecule has 0 fully saturated rings. The number of imidazole rings is 1. The van der Waals surface area contributed by atoms with Gasteiger partial charge in [-0.2, -0.15) is 4.98 Å². The van der Waals surface area contributed by atoms with Gasteiger partial charge in [-0.1, -0.05) is 11.6 Å². The van der Waals surface area contributed by atoms with E-state index in [1.807, 2.05) is 14.0 Å². The smallest absolute Gasteiger partial charge is 0.234 e. The van der Waals surface area contributed by atoms with E-state index in [1.165, 1.54) is 19.4 Å². The molecule has 6 nitrogen and oxygen atoms in total. The highest BCUT2D eigenvalue weighted by Crippen LogP contribution is 2.35. The third-order valence-corrected chi connectivity index (χ3v) is 3.49. The van der Waals surface area contributed by atoms with Crippen LogP contribution in [0.25, 0.3) is 22.7 Å². The predicted molar refractivity (Wildman–Crippen MR) is 79.7 cm³/mol. The number of fused-ring (bicyclic) bond motifs is 1. The summed E-state index contributed by atoms with van der Waals surface area (Å²) in [7, 11) is 3.34. The molecule has 0 atom stereocenters. The number of aryl methyl sites for hydroxylation is 2. The van der Waals surface area contributed by atoms with Crippen LogP contribution in [0.3, 0.4) is 0 Å². The number of phenolic OH excluding ortho intramolecular Hbond substituents is 1. The molecule has 3 aromatic rings. The largest absolute Gasteiger partial charge is 0.507 e. The molecule has 7 heteroatoms. The summed E-state index contributed by atoms with van der Waals surface area (Å²) in [5, 5.41) is 10.6. The van der Waals surface area contributed by atoms with Gasteiger partial charge in [0, 0.05) is 12.1 Å². The maximum atomic E-state index is 10.2. The van der Waals surface area contributed by atoms with Gasteiger partial charge < -0.3 is 14.4 Å². The Bertz CT molecular complexity index is 821. The lowest BCUT2D eigenvalue weighted by atomic mass is 10.1. The number of hydrogen-bond donors (Lipinski definition) is 1. The summed E-state index contributed by atoms with van der Waals surface area (Å²) in [5.41, 5.74) is 2.51. The number of aromatic hydroxyl groups is 1. The minimum Gasteiger partial charge on any atom is -0.507 e. The van der Waals surface area contributed by atoms with Gasteiger partial charge in [-0.05, 0) is 24.6 Å². The number of phenols is 1. The first-order chi connectivity index (χ1) is 10.0. The van der Waals surface area contributed by atoms with Crippen molar-refractivity contribution in [1.82, 2.24) is 19.5 Å². The van der Waals surface area contributed by atoms with E-state index >= 15 is 0 Å². The first kappa shape index (κ1) is 13.6. The zero-order chi connectivity index (χ0) is 15.1. The maximum Gasteiger partial charge on any atom is 0.234 e. The van der Waals surface area contributed by atoms with Crippen LogP contribution < -0.4 is 4.74 Å². The second-order valence-electron chi connectivity index (χ2n) is 4.67. The zero-order valence-electron chi connectivity index (χ0n) is 11.8. The number of methoxy groups -OCH3 is 1. The lowest BCUT2D eigenvalue weighted by Gasteiger charge is -2.08. The standard InChI is InChI=1S/C14H13ClN4O2/c1-7-4-8(15)5-9(20)11(7)13-18-12-14(19(13)2)16-6-10(17-12)21-3/h4-6,20H,1-3H3. The van der Waals surface area contributed by atoms with Crippen molar-refractivity contribution in [3.05, 3.63) is 28.9 Å². The van der Waals surface area contributed by atoms with Crippen molar-refractivity contribution in [2.75, 3.05) is 7.11 Å². The average Bonchev–Trinajstić information content (AvgIpc) is 2.74. The Balaban J connectivity index is 2.28. The Hall–Kier alpha value is -2.34. The number of rotatable bonds is 2. The zero-order valence-corrected chi connectivity index (χ0v) is 12.5. The van der Waals surface area contributed by atoms with Crippen LogP contribution in [0, 0.1) is 6.92 Å². The van der Waals surface area contributed by atoms with Crippen molar-refractivity contribution in [3.8, 4) is 23.0 Å². The van der Waals surface area contributed by atoms with E-state index in [-0.39, 0.29) is 5.75 Å². The molecule has 108 valence electrons. The third kappa shape index (κ3) is 2.17. The van der Waals surface area contributed by atoms with Crippen molar-refractivity contribution in [3.63, 3.8) is 0 Å². The molecule has 1 aromatic carbocycles. The number of ether oxygens (including phenoxy) is 1. The molecule has 0 aliphatic rings. The van der Waals surface area contributed by atoms with Gasteiger partial charge >= 0.3 is 0 Å². The van der Waals surface area contributed by atoms with Crippen LogP contribution in [-0.2, 0) is 7.05 Å². The summed E-state index contributed by atoms with van der Waals surface area (Å²) in [4.78, 5) is 13.0. The molecular formula is C14H13ClN4O2. The Morgan fingerprint density at radius 1 is 1.29 bits per heavy atom. The first-order valence-corrected chi connectivity index (χ1v) is 6.62. The molecule has 2 heterocycles. The predicted octanol–water partition coefficient (Wildman–Crippen LogP) is 2.71. The van der Waals surface area contributed by atoms with Gasteiger partial charge in [-0.25, -0.2) is 9.97 Å². The van der Waals surface area contributed by atoms with Crippen LogP contribution in [0.5, 0.6) is 11.6 Å². The molecule has 0 aliphatic carbocycles. The maximum absolute atomic E-state index is 10.2. The fourth-order valence-corrected chi connectivity index (χ4v) is 2.55. The molecule has 0 radical (unpaired) electrons. The topological polar surface area (TPSA) is 73.1 Å². The van der Waals surface area contributed by atoms with E-state index in [0.29, 0.717) is 33.6 Å². The highest BCUT2D eigenvalue weighted by molar-refractivity contribution is 6.31. The monoisotopic (exact) mass is 304 g/mol. The SMILES string of the molecule is COc1cnc2c(n1)nc(-c1c(C)cc(Cl)cc1O)n2C. The molecule has 2 aromatic heterocycles. The lowest BCUT2D eigenvalue weighted by molar-refractivity contribution is 0.397. The molecule has 0 saturated heterocycles. The average molecular weight is 305 g/mol. The summed E-state index contributed by atoms with van der Waals surface area (Å²) in [6.45, 7) is 1.86. The van der Waals surface area contributed by atoms with Crippen molar-refractivity contribution in [2.24, 2.45) is 7.05 Å². The summed E-state index contributed by atoms with van der Waals surface area (Å²) < 4.78 is 6.83. The minimum atomic E-state index is 0.0744. The van der Waals surface area contributed by atoms with Crippen LogP contribution in [-0.4, -0.2) is 31.7 Å². The van der Waals surface area contributed by atoms with Gasteiger partial charge in [-0.15, -0.1) is 0 Å². The quantitative estimate of drug-likeness (QED) is 0.788. The highest BCUT2D eigenvalue weighted by Gasteiger charge is 2.18. The van der Waals surface area contributed by atoms with Gasteiger partial charge in [0.05, 0.1) is 18.9 Å². The van der Waals surface area contributed by atoms with Crippen LogP contribution in [0.2, 0.25) is 5.02 Å². The molecule has 0 spiro atoms. The fraction of sp³-hybridized carbons (Fsp3) is 0.214. The van der Waals surface area contributed by atoms with E-state index in [1.54, 1.807) is 10.6 Å². The Morgan fingerprint density at radius 2 is 2.05 bits per heavy atom. The fourth-order valence-electron chi connectivity index (χ4n) is 2.28. The number of aromatic nitrogens is 4. The second-order valence-corrected chi connectivity index (χ2v) is 5.11. The molecule has 3 rings (SSSR count). The van der Waals surface area contributed by atoms with Gasteiger partial charge in [0.1, 0.15) is 11.6 Å². The Morgan fingerprint density at radius 3 is 2.71 bits per heavy atom. The van der Waals surface area contributed by atoms with Crippen molar-refractivity contribution < 1.29 is 9.84 Å². The first-order valence-electron chi connectivity index (χ1n) is 6.24. The van der Waals surface area contributed by atoms with Crippen molar-refractivity contribution in [1.29, 1.82) is 0 Å². The van der Waals surface area contributed by atoms with Gasteiger partial charge in [0.25, 0.3) is 0 Å². The van der Waals surface area contributed by atoms with Gasteiger partial charge in [0.2, 0.25) is 11.5 Å². The van der Waals surface area contributed by atoms with E-state index in [0.717, 1.165) is 5.56 Å². The normalized spacial score (nSPS) is 11.0. The van der Waals surface area contributed by atoms with Gasteiger partial charge in [0.15, 0.2) is 5.65 Å². The number of benzene rings is 1. The van der Waals surface area contributed by atoms with Crippen LogP contribution in [0.1, 0.15) is 5.56 Å². The lowest BCUT2D eigenvalue weighted by Crippen LogP contribution is -1.96. The van der Waals surface area contributed by atoms with Crippen molar-refractivity contribution in [2.45, 2.75) is 6.92 Å². The molecule has 21 heavy (non-hydrogen) atoms. The Kier molecular flexibility index (Phi) is 3.17. The number of nitrogens with zero attached hydrogens (tertiary/aromatic N) is 4. The van der Waals surface area contributed by atoms with Crippen LogP contribution in [0.4, 0.5) is 0 Å². The van der Waals surface area contributed by atoms with E-state index in [4.69, 9.17) is 16.3 Å². The van der Waals surface area contributed by atoms with E-state index < -0.39 is 0 Å². The summed E-state index contributed by atoms with van der Waals surface area (Å²) in [6, 6.07) is 3.27. The number of halogens is 1. The van der Waals surface area contributed by atoms with Gasteiger partial charge in [-0.3, -0.25) is 0 Å². The molecule has 0 aliphatic heterocycles. The molecular weight excluding hydrogens is 292 g/mol. The van der Waals surface area contributed by atoms with Crippen LogP contribution in [0.15, 0.2) is 18.3 Å². The van der Waals surface area contributed by atoms with Crippen molar-refractivity contribution >= 4 is 22.9 Å². The minimum absolute atomic E-state index is 0.0744. The molecule has 0 amide bonds.